The molecule has 4 nitrogen and oxygen atoms in total. The molecule has 0 amide bonds. The molecule has 0 unspecified atom stereocenters. The second-order valence-corrected chi connectivity index (χ2v) is 6.10. The normalized spacial score (nSPS) is 25.9. The van der Waals surface area contributed by atoms with Crippen molar-refractivity contribution in [1.29, 1.82) is 0 Å². The number of carbonyl (C=O) groups excluding carboxylic acids is 1. The summed E-state index contributed by atoms with van der Waals surface area (Å²) in [5.41, 5.74) is 4.47. The summed E-state index contributed by atoms with van der Waals surface area (Å²) in [5, 5.41) is 0. The summed E-state index contributed by atoms with van der Waals surface area (Å²) >= 11 is 0. The molecule has 2 aliphatic heterocycles. The highest BCUT2D eigenvalue weighted by atomic mass is 16.5. The van der Waals surface area contributed by atoms with Gasteiger partial charge in [-0.05, 0) is 19.3 Å². The third-order valence-corrected chi connectivity index (χ3v) is 4.48. The maximum Gasteiger partial charge on any atom is 0.203 e. The number of ether oxygens (including phenoxy) is 1. The lowest BCUT2D eigenvalue weighted by molar-refractivity contribution is -0.463. The molecule has 0 N–H and O–H groups in total. The van der Waals surface area contributed by atoms with Crippen LogP contribution in [0, 0.1) is 5.92 Å². The molecule has 0 spiro atoms. The average Bonchev–Trinajstić information content (AvgIpc) is 2.42. The van der Waals surface area contributed by atoms with Crippen LogP contribution in [-0.2, 0) is 9.53 Å². The number of carbonyl (C=O) groups is 1. The minimum Gasteiger partial charge on any atom is -0.383 e. The van der Waals surface area contributed by atoms with Gasteiger partial charge in [-0.15, -0.1) is 0 Å². The number of ketones is 1. The van der Waals surface area contributed by atoms with Gasteiger partial charge in [0.1, 0.15) is 7.05 Å². The van der Waals surface area contributed by atoms with E-state index in [1.807, 2.05) is 25.2 Å². The van der Waals surface area contributed by atoms with Crippen LogP contribution in [0.5, 0.6) is 0 Å². The first-order valence-corrected chi connectivity index (χ1v) is 7.43. The van der Waals surface area contributed by atoms with E-state index in [0.717, 1.165) is 50.0 Å². The molecule has 0 atom stereocenters. The van der Waals surface area contributed by atoms with E-state index in [1.54, 1.807) is 0 Å². The third kappa shape index (κ3) is 2.12. The van der Waals surface area contributed by atoms with Crippen LogP contribution in [0.25, 0.3) is 0 Å². The lowest BCUT2D eigenvalue weighted by Crippen LogP contribution is -2.44. The van der Waals surface area contributed by atoms with Crippen LogP contribution in [0.4, 0.5) is 0 Å². The van der Waals surface area contributed by atoms with Gasteiger partial charge in [-0.25, -0.2) is 4.58 Å². The molecule has 108 valence electrons. The first-order valence-electron chi connectivity index (χ1n) is 7.43. The van der Waals surface area contributed by atoms with Crippen LogP contribution in [0.3, 0.4) is 0 Å². The van der Waals surface area contributed by atoms with Gasteiger partial charge in [-0.3, -0.25) is 4.79 Å². The number of nitrogens with zero attached hydrogens (tertiary/aromatic N) is 2. The van der Waals surface area contributed by atoms with Gasteiger partial charge in [-0.2, -0.15) is 0 Å². The van der Waals surface area contributed by atoms with Gasteiger partial charge in [0, 0.05) is 51.4 Å². The predicted octanol–water partition coefficient (Wildman–Crippen LogP) is 1.57. The molecule has 0 radical (unpaired) electrons. The molecule has 0 aromatic carbocycles. The minimum absolute atomic E-state index is 0.250. The van der Waals surface area contributed by atoms with Crippen molar-refractivity contribution in [3.05, 3.63) is 23.0 Å². The van der Waals surface area contributed by atoms with Crippen molar-refractivity contribution < 1.29 is 14.1 Å². The average molecular weight is 275 g/mol. The second kappa shape index (κ2) is 5.17. The molecular formula is C16H23N2O2+. The van der Waals surface area contributed by atoms with E-state index < -0.39 is 0 Å². The summed E-state index contributed by atoms with van der Waals surface area (Å²) in [7, 11) is 6.05. The summed E-state index contributed by atoms with van der Waals surface area (Å²) < 4.78 is 7.70. The lowest BCUT2D eigenvalue weighted by atomic mass is 9.77. The van der Waals surface area contributed by atoms with Gasteiger partial charge < -0.3 is 9.64 Å². The highest BCUT2D eigenvalue weighted by molar-refractivity contribution is 6.29. The van der Waals surface area contributed by atoms with Crippen molar-refractivity contribution in [3.63, 3.8) is 0 Å². The van der Waals surface area contributed by atoms with Crippen molar-refractivity contribution >= 4 is 11.5 Å². The Bertz CT molecular complexity index is 535. The molecule has 1 fully saturated rings. The van der Waals surface area contributed by atoms with Gasteiger partial charge in [0.2, 0.25) is 11.5 Å². The monoisotopic (exact) mass is 275 g/mol. The van der Waals surface area contributed by atoms with Crippen molar-refractivity contribution in [1.82, 2.24) is 4.90 Å². The molecule has 20 heavy (non-hydrogen) atoms. The molecule has 0 aromatic heterocycles. The zero-order chi connectivity index (χ0) is 14.3. The Morgan fingerprint density at radius 1 is 1.25 bits per heavy atom. The topological polar surface area (TPSA) is 32.6 Å². The van der Waals surface area contributed by atoms with E-state index in [2.05, 4.69) is 11.6 Å². The Labute approximate surface area is 120 Å². The smallest absolute Gasteiger partial charge is 0.203 e. The van der Waals surface area contributed by atoms with Crippen molar-refractivity contribution in [2.45, 2.75) is 25.7 Å². The van der Waals surface area contributed by atoms with E-state index in [0.29, 0.717) is 5.92 Å². The zero-order valence-corrected chi connectivity index (χ0v) is 12.6. The molecule has 0 bridgehead atoms. The van der Waals surface area contributed by atoms with Crippen LogP contribution < -0.4 is 0 Å². The van der Waals surface area contributed by atoms with Crippen LogP contribution >= 0.6 is 0 Å². The fourth-order valence-electron chi connectivity index (χ4n) is 3.53. The van der Waals surface area contributed by atoms with E-state index in [-0.39, 0.29) is 5.78 Å². The fourth-order valence-corrected chi connectivity index (χ4v) is 3.53. The second-order valence-electron chi connectivity index (χ2n) is 6.10. The van der Waals surface area contributed by atoms with Crippen LogP contribution in [-0.4, -0.2) is 55.3 Å². The molecule has 2 heterocycles. The highest BCUT2D eigenvalue weighted by Crippen LogP contribution is 2.37. The first-order chi connectivity index (χ1) is 9.59. The Morgan fingerprint density at radius 2 is 1.95 bits per heavy atom. The summed E-state index contributed by atoms with van der Waals surface area (Å²) in [6.07, 6.45) is 5.91. The predicted molar refractivity (Wildman–Crippen MR) is 77.8 cm³/mol. The summed E-state index contributed by atoms with van der Waals surface area (Å²) in [6, 6.07) is 0. The molecule has 1 saturated heterocycles. The Balaban J connectivity index is 1.85. The minimum atomic E-state index is 0.250. The maximum absolute atomic E-state index is 12.7. The van der Waals surface area contributed by atoms with E-state index in [9.17, 15) is 4.79 Å². The molecule has 0 saturated carbocycles. The summed E-state index contributed by atoms with van der Waals surface area (Å²) in [5.74, 6) is 0.745. The Kier molecular flexibility index (Phi) is 3.50. The van der Waals surface area contributed by atoms with Crippen LogP contribution in [0.15, 0.2) is 23.0 Å². The largest absolute Gasteiger partial charge is 0.383 e. The molecule has 3 aliphatic rings. The van der Waals surface area contributed by atoms with Crippen LogP contribution in [0.2, 0.25) is 0 Å². The number of hydrogen-bond acceptors (Lipinski definition) is 3. The standard InChI is InChI=1S/C16H23N2O2/c1-17(2)10-12-4-5-13-14(16(12)19)15(18(13)3)11-6-8-20-9-7-11/h10-11H,4-9H2,1-3H3/q+1. The zero-order valence-electron chi connectivity index (χ0n) is 12.6. The molecule has 1 aliphatic carbocycles. The first kappa shape index (κ1) is 13.6. The molecule has 3 rings (SSSR count). The number of rotatable bonds is 2. The molecular weight excluding hydrogens is 252 g/mol. The number of Topliss-reactive ketones (excluding diaryl/α,β-unsaturated/α-hetero) is 1. The summed E-state index contributed by atoms with van der Waals surface area (Å²) in [4.78, 5) is 14.7. The van der Waals surface area contributed by atoms with E-state index in [4.69, 9.17) is 4.74 Å². The number of hydrogen-bond donors (Lipinski definition) is 0. The van der Waals surface area contributed by atoms with Gasteiger partial charge in [-0.1, -0.05) is 0 Å². The van der Waals surface area contributed by atoms with Crippen molar-refractivity contribution in [2.75, 3.05) is 34.4 Å². The quantitative estimate of drug-likeness (QED) is 0.566. The van der Waals surface area contributed by atoms with Gasteiger partial charge in [0.25, 0.3) is 0 Å². The SMILES string of the molecule is CN(C)C=C1CCC2=C(C1=O)C(C1CCOCC1)=[N+]2C. The number of allylic oxidation sites excluding steroid dienone is 3. The van der Waals surface area contributed by atoms with Gasteiger partial charge >= 0.3 is 0 Å². The Hall–Kier alpha value is -1.42. The van der Waals surface area contributed by atoms with E-state index in [1.165, 1.54) is 11.4 Å². The molecule has 0 aromatic rings. The summed E-state index contributed by atoms with van der Waals surface area (Å²) in [6.45, 7) is 1.64. The lowest BCUT2D eigenvalue weighted by Gasteiger charge is -2.31. The molecule has 4 heteroatoms. The Morgan fingerprint density at radius 3 is 2.60 bits per heavy atom. The van der Waals surface area contributed by atoms with Crippen molar-refractivity contribution in [3.8, 4) is 0 Å². The maximum atomic E-state index is 12.7. The third-order valence-electron chi connectivity index (χ3n) is 4.48. The van der Waals surface area contributed by atoms with Gasteiger partial charge in [0.15, 0.2) is 11.3 Å². The highest BCUT2D eigenvalue weighted by Gasteiger charge is 2.47. The van der Waals surface area contributed by atoms with E-state index >= 15 is 0 Å². The van der Waals surface area contributed by atoms with Crippen LogP contribution in [0.1, 0.15) is 25.7 Å². The fraction of sp³-hybridized carbons (Fsp3) is 0.625. The van der Waals surface area contributed by atoms with Crippen molar-refractivity contribution in [2.24, 2.45) is 5.92 Å². The van der Waals surface area contributed by atoms with Gasteiger partial charge in [0.05, 0.1) is 0 Å².